The zero-order chi connectivity index (χ0) is 14.4. The minimum atomic E-state index is 0.509. The van der Waals surface area contributed by atoms with E-state index in [1.807, 2.05) is 24.3 Å². The number of rotatable bonds is 6. The smallest absolute Gasteiger partial charge is 0.120 e. The van der Waals surface area contributed by atoms with E-state index in [2.05, 4.69) is 59.4 Å². The Balaban J connectivity index is 1.87. The summed E-state index contributed by atoms with van der Waals surface area (Å²) in [5, 5.41) is 3.41. The van der Waals surface area contributed by atoms with Crippen LogP contribution in [0.3, 0.4) is 0 Å². The molecule has 0 saturated heterocycles. The normalized spacial score (nSPS) is 10.8. The second kappa shape index (κ2) is 7.46. The van der Waals surface area contributed by atoms with Gasteiger partial charge in [0.1, 0.15) is 12.4 Å². The fourth-order valence-corrected chi connectivity index (χ4v) is 2.18. The molecule has 0 spiro atoms. The Labute approximate surface area is 129 Å². The molecule has 2 rings (SSSR count). The summed E-state index contributed by atoms with van der Waals surface area (Å²) < 4.78 is 6.80. The van der Waals surface area contributed by atoms with E-state index in [0.29, 0.717) is 12.6 Å². The van der Waals surface area contributed by atoms with Crippen molar-refractivity contribution < 1.29 is 4.74 Å². The Kier molecular flexibility index (Phi) is 5.62. The lowest BCUT2D eigenvalue weighted by atomic mass is 10.1. The van der Waals surface area contributed by atoms with Gasteiger partial charge in [0.2, 0.25) is 0 Å². The Morgan fingerprint density at radius 2 is 1.75 bits per heavy atom. The molecule has 106 valence electrons. The molecule has 2 aromatic carbocycles. The molecule has 0 saturated carbocycles. The summed E-state index contributed by atoms with van der Waals surface area (Å²) in [4.78, 5) is 0. The van der Waals surface area contributed by atoms with E-state index in [1.54, 1.807) is 0 Å². The van der Waals surface area contributed by atoms with E-state index >= 15 is 0 Å². The van der Waals surface area contributed by atoms with Gasteiger partial charge in [-0.2, -0.15) is 0 Å². The molecule has 0 radical (unpaired) electrons. The van der Waals surface area contributed by atoms with E-state index in [9.17, 15) is 0 Å². The molecule has 0 unspecified atom stereocenters. The van der Waals surface area contributed by atoms with Gasteiger partial charge >= 0.3 is 0 Å². The lowest BCUT2D eigenvalue weighted by Gasteiger charge is -2.09. The largest absolute Gasteiger partial charge is 0.489 e. The average molecular weight is 334 g/mol. The first-order valence-electron chi connectivity index (χ1n) is 6.83. The van der Waals surface area contributed by atoms with Gasteiger partial charge in [0, 0.05) is 17.1 Å². The molecule has 20 heavy (non-hydrogen) atoms. The van der Waals surface area contributed by atoms with Gasteiger partial charge in [0.25, 0.3) is 0 Å². The molecule has 3 heteroatoms. The highest BCUT2D eigenvalue weighted by Gasteiger charge is 1.99. The molecule has 0 aliphatic rings. The number of halogens is 1. The zero-order valence-corrected chi connectivity index (χ0v) is 13.5. The maximum absolute atomic E-state index is 5.77. The Hall–Kier alpha value is -1.32. The number of hydrogen-bond donors (Lipinski definition) is 1. The first-order chi connectivity index (χ1) is 9.63. The molecule has 0 amide bonds. The summed E-state index contributed by atoms with van der Waals surface area (Å²) in [6.07, 6.45) is 0. The number of hydrogen-bond acceptors (Lipinski definition) is 2. The van der Waals surface area contributed by atoms with Crippen molar-refractivity contribution in [2.75, 3.05) is 0 Å². The van der Waals surface area contributed by atoms with Crippen LogP contribution in [0.25, 0.3) is 0 Å². The second-order valence-electron chi connectivity index (χ2n) is 5.10. The molecule has 1 N–H and O–H groups in total. The van der Waals surface area contributed by atoms with Gasteiger partial charge in [0.05, 0.1) is 0 Å². The third kappa shape index (κ3) is 4.99. The van der Waals surface area contributed by atoms with Crippen LogP contribution >= 0.6 is 15.9 Å². The number of ether oxygens (including phenoxy) is 1. The quantitative estimate of drug-likeness (QED) is 0.838. The summed E-state index contributed by atoms with van der Waals surface area (Å²) in [5.74, 6) is 0.880. The SMILES string of the molecule is CC(C)NCc1ccc(COc2cccc(Br)c2)cc1. The molecule has 0 aliphatic carbocycles. The number of nitrogens with one attached hydrogen (secondary N) is 1. The maximum Gasteiger partial charge on any atom is 0.120 e. The van der Waals surface area contributed by atoms with Crippen LogP contribution in [-0.2, 0) is 13.2 Å². The zero-order valence-electron chi connectivity index (χ0n) is 11.9. The van der Waals surface area contributed by atoms with Gasteiger partial charge in [-0.25, -0.2) is 0 Å². The van der Waals surface area contributed by atoms with E-state index in [4.69, 9.17) is 4.74 Å². The maximum atomic E-state index is 5.77. The van der Waals surface area contributed by atoms with Crippen molar-refractivity contribution in [3.05, 3.63) is 64.1 Å². The predicted octanol–water partition coefficient (Wildman–Crippen LogP) is 4.53. The Bertz CT molecular complexity index is 537. The van der Waals surface area contributed by atoms with Crippen molar-refractivity contribution in [1.82, 2.24) is 5.32 Å². The lowest BCUT2D eigenvalue weighted by Crippen LogP contribution is -2.21. The highest BCUT2D eigenvalue weighted by Crippen LogP contribution is 2.19. The van der Waals surface area contributed by atoms with Gasteiger partial charge in [-0.1, -0.05) is 60.1 Å². The molecule has 2 nitrogen and oxygen atoms in total. The minimum Gasteiger partial charge on any atom is -0.489 e. The molecular formula is C17H20BrNO. The van der Waals surface area contributed by atoms with Gasteiger partial charge < -0.3 is 10.1 Å². The van der Waals surface area contributed by atoms with Crippen molar-refractivity contribution in [2.24, 2.45) is 0 Å². The third-order valence-electron chi connectivity index (χ3n) is 2.94. The summed E-state index contributed by atoms with van der Waals surface area (Å²) in [6.45, 7) is 5.80. The van der Waals surface area contributed by atoms with Crippen LogP contribution in [0.5, 0.6) is 5.75 Å². The Morgan fingerprint density at radius 1 is 1.05 bits per heavy atom. The van der Waals surface area contributed by atoms with Crippen LogP contribution in [0.4, 0.5) is 0 Å². The molecule has 0 aromatic heterocycles. The molecule has 0 atom stereocenters. The molecule has 0 fully saturated rings. The highest BCUT2D eigenvalue weighted by atomic mass is 79.9. The minimum absolute atomic E-state index is 0.509. The fraction of sp³-hybridized carbons (Fsp3) is 0.294. The van der Waals surface area contributed by atoms with Crippen molar-refractivity contribution in [3.8, 4) is 5.75 Å². The molecule has 0 heterocycles. The van der Waals surface area contributed by atoms with Crippen molar-refractivity contribution in [2.45, 2.75) is 33.0 Å². The molecule has 2 aromatic rings. The standard InChI is InChI=1S/C17H20BrNO/c1-13(2)19-11-14-6-8-15(9-7-14)12-20-17-5-3-4-16(18)10-17/h3-10,13,19H,11-12H2,1-2H3. The van der Waals surface area contributed by atoms with Crippen molar-refractivity contribution >= 4 is 15.9 Å². The van der Waals surface area contributed by atoms with Gasteiger partial charge in [0.15, 0.2) is 0 Å². The van der Waals surface area contributed by atoms with E-state index in [-0.39, 0.29) is 0 Å². The summed E-state index contributed by atoms with van der Waals surface area (Å²) in [7, 11) is 0. The first-order valence-corrected chi connectivity index (χ1v) is 7.62. The van der Waals surface area contributed by atoms with Crippen LogP contribution in [0.15, 0.2) is 53.0 Å². The summed E-state index contributed by atoms with van der Waals surface area (Å²) >= 11 is 3.44. The van der Waals surface area contributed by atoms with E-state index < -0.39 is 0 Å². The van der Waals surface area contributed by atoms with Crippen LogP contribution in [0, 0.1) is 0 Å². The predicted molar refractivity (Wildman–Crippen MR) is 86.9 cm³/mol. The monoisotopic (exact) mass is 333 g/mol. The topological polar surface area (TPSA) is 21.3 Å². The average Bonchev–Trinajstić information content (AvgIpc) is 2.44. The fourth-order valence-electron chi connectivity index (χ4n) is 1.80. The highest BCUT2D eigenvalue weighted by molar-refractivity contribution is 9.10. The molecular weight excluding hydrogens is 314 g/mol. The van der Waals surface area contributed by atoms with Crippen molar-refractivity contribution in [3.63, 3.8) is 0 Å². The van der Waals surface area contributed by atoms with Crippen LogP contribution < -0.4 is 10.1 Å². The van der Waals surface area contributed by atoms with Crippen LogP contribution in [0.2, 0.25) is 0 Å². The van der Waals surface area contributed by atoms with E-state index in [0.717, 1.165) is 16.8 Å². The van der Waals surface area contributed by atoms with Crippen molar-refractivity contribution in [1.29, 1.82) is 0 Å². The van der Waals surface area contributed by atoms with Crippen LogP contribution in [-0.4, -0.2) is 6.04 Å². The van der Waals surface area contributed by atoms with E-state index in [1.165, 1.54) is 11.1 Å². The first kappa shape index (κ1) is 15.1. The van der Waals surface area contributed by atoms with Gasteiger partial charge in [-0.3, -0.25) is 0 Å². The number of benzene rings is 2. The van der Waals surface area contributed by atoms with Crippen LogP contribution in [0.1, 0.15) is 25.0 Å². The second-order valence-corrected chi connectivity index (χ2v) is 6.01. The molecule has 0 aliphatic heterocycles. The summed E-state index contributed by atoms with van der Waals surface area (Å²) in [6, 6.07) is 16.9. The lowest BCUT2D eigenvalue weighted by molar-refractivity contribution is 0.306. The Morgan fingerprint density at radius 3 is 2.40 bits per heavy atom. The molecule has 0 bridgehead atoms. The van der Waals surface area contributed by atoms with Gasteiger partial charge in [-0.05, 0) is 29.3 Å². The third-order valence-corrected chi connectivity index (χ3v) is 3.43. The van der Waals surface area contributed by atoms with Gasteiger partial charge in [-0.15, -0.1) is 0 Å². The summed E-state index contributed by atoms with van der Waals surface area (Å²) in [5.41, 5.74) is 2.48.